The number of rotatable bonds is 3. The number of hydrogen-bond acceptors (Lipinski definition) is 6. The smallest absolute Gasteiger partial charge is 0.287 e. The lowest BCUT2D eigenvalue weighted by molar-refractivity contribution is -0.385. The summed E-state index contributed by atoms with van der Waals surface area (Å²) in [7, 11) is 0. The van der Waals surface area contributed by atoms with Crippen LogP contribution in [0, 0.1) is 21.4 Å². The van der Waals surface area contributed by atoms with E-state index in [0.717, 1.165) is 45.0 Å². The number of hydrogen-bond donors (Lipinski definition) is 1. The number of nitrogens with zero attached hydrogens (tertiary/aromatic N) is 4. The van der Waals surface area contributed by atoms with Crippen molar-refractivity contribution >= 4 is 11.4 Å². The van der Waals surface area contributed by atoms with Crippen molar-refractivity contribution in [1.82, 2.24) is 10.2 Å². The van der Waals surface area contributed by atoms with Crippen LogP contribution in [0.2, 0.25) is 0 Å². The predicted octanol–water partition coefficient (Wildman–Crippen LogP) is 0.950. The van der Waals surface area contributed by atoms with Crippen LogP contribution >= 0.6 is 0 Å². The SMILES string of the molecule is N#Cc1cc(N2CCN(C3CCNC3)CC2)ccc1[N+](=O)[O-]. The summed E-state index contributed by atoms with van der Waals surface area (Å²) in [5.74, 6) is 0. The van der Waals surface area contributed by atoms with Crippen molar-refractivity contribution in [3.63, 3.8) is 0 Å². The second-order valence-electron chi connectivity index (χ2n) is 5.74. The number of nitro groups is 1. The van der Waals surface area contributed by atoms with E-state index < -0.39 is 4.92 Å². The van der Waals surface area contributed by atoms with Gasteiger partial charge in [0.2, 0.25) is 0 Å². The van der Waals surface area contributed by atoms with Gasteiger partial charge in [-0.25, -0.2) is 0 Å². The normalized spacial score (nSPS) is 22.5. The topological polar surface area (TPSA) is 85.4 Å². The van der Waals surface area contributed by atoms with Crippen molar-refractivity contribution in [3.05, 3.63) is 33.9 Å². The van der Waals surface area contributed by atoms with Crippen molar-refractivity contribution in [3.8, 4) is 6.07 Å². The largest absolute Gasteiger partial charge is 0.369 e. The zero-order chi connectivity index (χ0) is 15.5. The molecule has 2 fully saturated rings. The molecule has 3 rings (SSSR count). The molecule has 0 amide bonds. The number of nitriles is 1. The standard InChI is InChI=1S/C15H19N5O2/c16-10-12-9-13(1-2-15(12)20(21)22)18-5-7-19(8-6-18)14-3-4-17-11-14/h1-2,9,14,17H,3-8,11H2. The maximum absolute atomic E-state index is 10.9. The first-order chi connectivity index (χ1) is 10.7. The van der Waals surface area contributed by atoms with Gasteiger partial charge >= 0.3 is 0 Å². The molecule has 22 heavy (non-hydrogen) atoms. The van der Waals surface area contributed by atoms with E-state index >= 15 is 0 Å². The molecule has 1 unspecified atom stereocenters. The Hall–Kier alpha value is -2.17. The summed E-state index contributed by atoms with van der Waals surface area (Å²) in [6.07, 6.45) is 1.20. The van der Waals surface area contributed by atoms with Gasteiger partial charge in [0.05, 0.1) is 4.92 Å². The van der Waals surface area contributed by atoms with E-state index in [1.54, 1.807) is 12.1 Å². The third-order valence-electron chi connectivity index (χ3n) is 4.53. The van der Waals surface area contributed by atoms with Crippen LogP contribution in [0.15, 0.2) is 18.2 Å². The molecular weight excluding hydrogens is 282 g/mol. The molecule has 0 aromatic heterocycles. The van der Waals surface area contributed by atoms with E-state index in [0.29, 0.717) is 6.04 Å². The Morgan fingerprint density at radius 1 is 1.32 bits per heavy atom. The van der Waals surface area contributed by atoms with Gasteiger partial charge in [0.1, 0.15) is 11.6 Å². The molecule has 2 saturated heterocycles. The van der Waals surface area contributed by atoms with Crippen LogP contribution in [0.1, 0.15) is 12.0 Å². The first-order valence-corrected chi connectivity index (χ1v) is 7.57. The van der Waals surface area contributed by atoms with Crippen molar-refractivity contribution in [2.24, 2.45) is 0 Å². The maximum Gasteiger partial charge on any atom is 0.287 e. The van der Waals surface area contributed by atoms with Crippen molar-refractivity contribution in [1.29, 1.82) is 5.26 Å². The average molecular weight is 301 g/mol. The molecule has 0 aliphatic carbocycles. The highest BCUT2D eigenvalue weighted by molar-refractivity contribution is 5.60. The van der Waals surface area contributed by atoms with Gasteiger partial charge < -0.3 is 10.2 Å². The molecule has 0 saturated carbocycles. The molecule has 7 heteroatoms. The van der Waals surface area contributed by atoms with Gasteiger partial charge in [-0.05, 0) is 25.1 Å². The van der Waals surface area contributed by atoms with E-state index in [2.05, 4.69) is 15.1 Å². The third-order valence-corrected chi connectivity index (χ3v) is 4.53. The summed E-state index contributed by atoms with van der Waals surface area (Å²) in [5.41, 5.74) is 0.901. The van der Waals surface area contributed by atoms with Crippen molar-refractivity contribution < 1.29 is 4.92 Å². The molecule has 2 heterocycles. The zero-order valence-electron chi connectivity index (χ0n) is 12.4. The molecule has 2 aliphatic rings. The molecule has 7 nitrogen and oxygen atoms in total. The molecule has 0 spiro atoms. The summed E-state index contributed by atoms with van der Waals surface area (Å²) in [4.78, 5) is 15.1. The fraction of sp³-hybridized carbons (Fsp3) is 0.533. The number of nitro benzene ring substituents is 1. The average Bonchev–Trinajstić information content (AvgIpc) is 3.08. The lowest BCUT2D eigenvalue weighted by Crippen LogP contribution is -2.51. The second kappa shape index (κ2) is 6.30. The van der Waals surface area contributed by atoms with E-state index in [1.807, 2.05) is 6.07 Å². The van der Waals surface area contributed by atoms with Gasteiger partial charge in [0.25, 0.3) is 5.69 Å². The predicted molar refractivity (Wildman–Crippen MR) is 82.9 cm³/mol. The Morgan fingerprint density at radius 3 is 2.68 bits per heavy atom. The van der Waals surface area contributed by atoms with Gasteiger partial charge in [-0.2, -0.15) is 5.26 Å². The number of nitrogens with one attached hydrogen (secondary N) is 1. The summed E-state index contributed by atoms with van der Waals surface area (Å²) in [6.45, 7) is 5.92. The Labute approximate surface area is 129 Å². The Morgan fingerprint density at radius 2 is 2.09 bits per heavy atom. The van der Waals surface area contributed by atoms with Crippen LogP contribution in [-0.4, -0.2) is 55.1 Å². The van der Waals surface area contributed by atoms with Crippen LogP contribution in [0.4, 0.5) is 11.4 Å². The summed E-state index contributed by atoms with van der Waals surface area (Å²) in [5, 5.41) is 23.4. The highest BCUT2D eigenvalue weighted by Gasteiger charge is 2.26. The quantitative estimate of drug-likeness (QED) is 0.661. The van der Waals surface area contributed by atoms with Gasteiger partial charge in [-0.15, -0.1) is 0 Å². The van der Waals surface area contributed by atoms with Crippen LogP contribution in [0.25, 0.3) is 0 Å². The minimum atomic E-state index is -0.507. The highest BCUT2D eigenvalue weighted by atomic mass is 16.6. The van der Waals surface area contributed by atoms with E-state index in [4.69, 9.17) is 5.26 Å². The minimum absolute atomic E-state index is 0.123. The third kappa shape index (κ3) is 2.89. The van der Waals surface area contributed by atoms with Crippen molar-refractivity contribution in [2.75, 3.05) is 44.2 Å². The first-order valence-electron chi connectivity index (χ1n) is 7.57. The zero-order valence-corrected chi connectivity index (χ0v) is 12.4. The van der Waals surface area contributed by atoms with Crippen LogP contribution in [0.5, 0.6) is 0 Å². The summed E-state index contributed by atoms with van der Waals surface area (Å²) >= 11 is 0. The molecule has 1 N–H and O–H groups in total. The Balaban J connectivity index is 1.68. The molecule has 116 valence electrons. The molecule has 2 aliphatic heterocycles. The molecule has 1 aromatic rings. The van der Waals surface area contributed by atoms with Gasteiger partial charge in [0, 0.05) is 50.5 Å². The number of benzene rings is 1. The fourth-order valence-electron chi connectivity index (χ4n) is 3.27. The lowest BCUT2D eigenvalue weighted by Gasteiger charge is -2.38. The second-order valence-corrected chi connectivity index (χ2v) is 5.74. The van der Waals surface area contributed by atoms with Crippen LogP contribution < -0.4 is 10.2 Å². The van der Waals surface area contributed by atoms with Gasteiger partial charge in [0.15, 0.2) is 0 Å². The fourth-order valence-corrected chi connectivity index (χ4v) is 3.27. The molecule has 1 atom stereocenters. The molecule has 1 aromatic carbocycles. The highest BCUT2D eigenvalue weighted by Crippen LogP contribution is 2.25. The van der Waals surface area contributed by atoms with Crippen LogP contribution in [-0.2, 0) is 0 Å². The Bertz CT molecular complexity index is 598. The van der Waals surface area contributed by atoms with Gasteiger partial charge in [-0.3, -0.25) is 15.0 Å². The van der Waals surface area contributed by atoms with Gasteiger partial charge in [-0.1, -0.05) is 0 Å². The molecule has 0 bridgehead atoms. The molecular formula is C15H19N5O2. The lowest BCUT2D eigenvalue weighted by atomic mass is 10.1. The number of anilines is 1. The van der Waals surface area contributed by atoms with Crippen molar-refractivity contribution in [2.45, 2.75) is 12.5 Å². The summed E-state index contributed by atoms with van der Waals surface area (Å²) < 4.78 is 0. The van der Waals surface area contributed by atoms with E-state index in [9.17, 15) is 10.1 Å². The maximum atomic E-state index is 10.9. The van der Waals surface area contributed by atoms with E-state index in [1.165, 1.54) is 12.5 Å². The van der Waals surface area contributed by atoms with Crippen LogP contribution in [0.3, 0.4) is 0 Å². The first kappa shape index (κ1) is 14.8. The molecule has 0 radical (unpaired) electrons. The Kier molecular flexibility index (Phi) is 4.22. The minimum Gasteiger partial charge on any atom is -0.369 e. The summed E-state index contributed by atoms with van der Waals surface area (Å²) in [6, 6.07) is 7.36. The monoisotopic (exact) mass is 301 g/mol. The van der Waals surface area contributed by atoms with E-state index in [-0.39, 0.29) is 11.3 Å². The number of piperazine rings is 1.